The van der Waals surface area contributed by atoms with Crippen molar-refractivity contribution in [1.82, 2.24) is 0 Å². The fraction of sp³-hybridized carbons (Fsp3) is 0.417. The molecule has 0 fully saturated rings. The maximum atomic E-state index is 11.3. The molecule has 0 saturated heterocycles. The third-order valence-corrected chi connectivity index (χ3v) is 2.60. The van der Waals surface area contributed by atoms with Gasteiger partial charge in [-0.25, -0.2) is 4.79 Å². The molecule has 0 unspecified atom stereocenters. The standard InChI is InChI=1S/C12H18N2O2/c1-8(2)14(3)11-6-5-9(7-10(11)13)12(15)16-4/h5-8H,13H2,1-4H3. The number of nitrogens with two attached hydrogens (primary N) is 1. The van der Waals surface area contributed by atoms with Crippen LogP contribution in [0.2, 0.25) is 0 Å². The first-order valence-corrected chi connectivity index (χ1v) is 5.18. The van der Waals surface area contributed by atoms with Crippen molar-refractivity contribution in [3.05, 3.63) is 23.8 Å². The summed E-state index contributed by atoms with van der Waals surface area (Å²) in [6.07, 6.45) is 0. The molecule has 0 aliphatic carbocycles. The van der Waals surface area contributed by atoms with Gasteiger partial charge in [0.2, 0.25) is 0 Å². The zero-order valence-corrected chi connectivity index (χ0v) is 10.2. The first-order chi connectivity index (χ1) is 7.47. The van der Waals surface area contributed by atoms with Gasteiger partial charge in [0.25, 0.3) is 0 Å². The first kappa shape index (κ1) is 12.4. The van der Waals surface area contributed by atoms with E-state index in [1.165, 1.54) is 7.11 Å². The summed E-state index contributed by atoms with van der Waals surface area (Å²) in [7, 11) is 3.32. The topological polar surface area (TPSA) is 55.6 Å². The second kappa shape index (κ2) is 4.88. The fourth-order valence-electron chi connectivity index (χ4n) is 1.40. The average Bonchev–Trinajstić information content (AvgIpc) is 2.26. The Morgan fingerprint density at radius 3 is 2.50 bits per heavy atom. The number of benzene rings is 1. The number of esters is 1. The van der Waals surface area contributed by atoms with E-state index in [2.05, 4.69) is 23.5 Å². The van der Waals surface area contributed by atoms with Crippen molar-refractivity contribution in [2.75, 3.05) is 24.8 Å². The van der Waals surface area contributed by atoms with Crippen molar-refractivity contribution in [3.8, 4) is 0 Å². The molecular weight excluding hydrogens is 204 g/mol. The minimum atomic E-state index is -0.370. The van der Waals surface area contributed by atoms with Crippen LogP contribution in [0.15, 0.2) is 18.2 Å². The smallest absolute Gasteiger partial charge is 0.337 e. The van der Waals surface area contributed by atoms with Gasteiger partial charge >= 0.3 is 5.97 Å². The van der Waals surface area contributed by atoms with Crippen molar-refractivity contribution in [2.24, 2.45) is 0 Å². The average molecular weight is 222 g/mol. The molecule has 1 aromatic carbocycles. The van der Waals surface area contributed by atoms with Crippen LogP contribution in [0.1, 0.15) is 24.2 Å². The number of methoxy groups -OCH3 is 1. The summed E-state index contributed by atoms with van der Waals surface area (Å²) in [5, 5.41) is 0. The van der Waals surface area contributed by atoms with E-state index >= 15 is 0 Å². The second-order valence-electron chi connectivity index (χ2n) is 3.97. The highest BCUT2D eigenvalue weighted by Crippen LogP contribution is 2.25. The monoisotopic (exact) mass is 222 g/mol. The van der Waals surface area contributed by atoms with Crippen LogP contribution >= 0.6 is 0 Å². The summed E-state index contributed by atoms with van der Waals surface area (Å²) >= 11 is 0. The minimum absolute atomic E-state index is 0.353. The Balaban J connectivity index is 3.05. The van der Waals surface area contributed by atoms with Gasteiger partial charge in [-0.2, -0.15) is 0 Å². The fourth-order valence-corrected chi connectivity index (χ4v) is 1.40. The lowest BCUT2D eigenvalue weighted by Gasteiger charge is -2.25. The molecule has 0 amide bonds. The van der Waals surface area contributed by atoms with E-state index < -0.39 is 0 Å². The third kappa shape index (κ3) is 2.45. The van der Waals surface area contributed by atoms with Gasteiger partial charge < -0.3 is 15.4 Å². The number of nitrogen functional groups attached to an aromatic ring is 1. The maximum Gasteiger partial charge on any atom is 0.337 e. The zero-order valence-electron chi connectivity index (χ0n) is 10.2. The molecule has 4 heteroatoms. The number of nitrogens with zero attached hydrogens (tertiary/aromatic N) is 1. The van der Waals surface area contributed by atoms with Crippen LogP contribution in [-0.2, 0) is 4.74 Å². The summed E-state index contributed by atoms with van der Waals surface area (Å²) < 4.78 is 4.63. The molecule has 16 heavy (non-hydrogen) atoms. The van der Waals surface area contributed by atoms with Gasteiger partial charge in [-0.05, 0) is 32.0 Å². The lowest BCUT2D eigenvalue weighted by atomic mass is 10.1. The first-order valence-electron chi connectivity index (χ1n) is 5.18. The molecule has 0 bridgehead atoms. The molecule has 0 atom stereocenters. The number of carbonyl (C=O) groups is 1. The van der Waals surface area contributed by atoms with Gasteiger partial charge in [0, 0.05) is 13.1 Å². The molecule has 1 rings (SSSR count). The Labute approximate surface area is 96.0 Å². The normalized spacial score (nSPS) is 10.3. The minimum Gasteiger partial charge on any atom is -0.465 e. The molecule has 1 aromatic rings. The molecule has 0 aromatic heterocycles. The summed E-state index contributed by atoms with van der Waals surface area (Å²) in [6, 6.07) is 5.55. The van der Waals surface area contributed by atoms with E-state index in [0.717, 1.165) is 5.69 Å². The quantitative estimate of drug-likeness (QED) is 0.627. The Morgan fingerprint density at radius 1 is 1.44 bits per heavy atom. The number of anilines is 2. The number of hydrogen-bond donors (Lipinski definition) is 1. The van der Waals surface area contributed by atoms with Crippen molar-refractivity contribution in [1.29, 1.82) is 0 Å². The van der Waals surface area contributed by atoms with Crippen molar-refractivity contribution < 1.29 is 9.53 Å². The van der Waals surface area contributed by atoms with E-state index in [1.54, 1.807) is 12.1 Å². The predicted octanol–water partition coefficient (Wildman–Crippen LogP) is 1.90. The van der Waals surface area contributed by atoms with Gasteiger partial charge in [-0.3, -0.25) is 0 Å². The molecular formula is C12H18N2O2. The molecule has 0 spiro atoms. The number of carbonyl (C=O) groups excluding carboxylic acids is 1. The Bertz CT molecular complexity index is 389. The number of rotatable bonds is 3. The van der Waals surface area contributed by atoms with Crippen molar-refractivity contribution in [3.63, 3.8) is 0 Å². The second-order valence-corrected chi connectivity index (χ2v) is 3.97. The van der Waals surface area contributed by atoms with Crippen LogP contribution in [-0.4, -0.2) is 26.2 Å². The predicted molar refractivity (Wildman–Crippen MR) is 65.7 cm³/mol. The van der Waals surface area contributed by atoms with Crippen LogP contribution in [0, 0.1) is 0 Å². The Morgan fingerprint density at radius 2 is 2.06 bits per heavy atom. The molecule has 4 nitrogen and oxygen atoms in total. The highest BCUT2D eigenvalue weighted by molar-refractivity contribution is 5.91. The molecule has 0 aliphatic rings. The summed E-state index contributed by atoms with van der Waals surface area (Å²) in [5.74, 6) is -0.370. The van der Waals surface area contributed by atoms with Gasteiger partial charge in [0.15, 0.2) is 0 Å². The van der Waals surface area contributed by atoms with Gasteiger partial charge in [0.05, 0.1) is 24.0 Å². The number of hydrogen-bond acceptors (Lipinski definition) is 4. The lowest BCUT2D eigenvalue weighted by Crippen LogP contribution is -2.26. The Kier molecular flexibility index (Phi) is 3.77. The molecule has 0 aliphatic heterocycles. The largest absolute Gasteiger partial charge is 0.465 e. The van der Waals surface area contributed by atoms with E-state index in [0.29, 0.717) is 17.3 Å². The summed E-state index contributed by atoms with van der Waals surface area (Å²) in [6.45, 7) is 4.15. The van der Waals surface area contributed by atoms with Crippen LogP contribution in [0.5, 0.6) is 0 Å². The molecule has 88 valence electrons. The van der Waals surface area contributed by atoms with E-state index in [-0.39, 0.29) is 5.97 Å². The number of ether oxygens (including phenoxy) is 1. The van der Waals surface area contributed by atoms with Gasteiger partial charge in [-0.15, -0.1) is 0 Å². The highest BCUT2D eigenvalue weighted by atomic mass is 16.5. The summed E-state index contributed by atoms with van der Waals surface area (Å²) in [5.41, 5.74) is 7.88. The SMILES string of the molecule is COC(=O)c1ccc(N(C)C(C)C)c(N)c1. The lowest BCUT2D eigenvalue weighted by molar-refractivity contribution is 0.0601. The van der Waals surface area contributed by atoms with Crippen LogP contribution in [0.25, 0.3) is 0 Å². The Hall–Kier alpha value is -1.71. The van der Waals surface area contributed by atoms with Crippen LogP contribution in [0.3, 0.4) is 0 Å². The van der Waals surface area contributed by atoms with Gasteiger partial charge in [0.1, 0.15) is 0 Å². The van der Waals surface area contributed by atoms with Gasteiger partial charge in [-0.1, -0.05) is 0 Å². The molecule has 0 heterocycles. The van der Waals surface area contributed by atoms with E-state index in [9.17, 15) is 4.79 Å². The third-order valence-electron chi connectivity index (χ3n) is 2.60. The zero-order chi connectivity index (χ0) is 12.3. The molecule has 0 radical (unpaired) electrons. The summed E-state index contributed by atoms with van der Waals surface area (Å²) in [4.78, 5) is 13.3. The van der Waals surface area contributed by atoms with Crippen molar-refractivity contribution in [2.45, 2.75) is 19.9 Å². The van der Waals surface area contributed by atoms with E-state index in [4.69, 9.17) is 5.73 Å². The van der Waals surface area contributed by atoms with Crippen LogP contribution in [0.4, 0.5) is 11.4 Å². The van der Waals surface area contributed by atoms with E-state index in [1.807, 2.05) is 13.1 Å². The highest BCUT2D eigenvalue weighted by Gasteiger charge is 2.12. The molecule has 2 N–H and O–H groups in total. The maximum absolute atomic E-state index is 11.3. The van der Waals surface area contributed by atoms with Crippen LogP contribution < -0.4 is 10.6 Å². The van der Waals surface area contributed by atoms with Crippen molar-refractivity contribution >= 4 is 17.3 Å². The molecule has 0 saturated carbocycles.